The fourth-order valence-corrected chi connectivity index (χ4v) is 3.64. The van der Waals surface area contributed by atoms with Gasteiger partial charge >= 0.3 is 0 Å². The summed E-state index contributed by atoms with van der Waals surface area (Å²) in [6.07, 6.45) is 1.75. The van der Waals surface area contributed by atoms with Gasteiger partial charge in [-0.1, -0.05) is 30.0 Å². The molecular formula is C22H23N5O3S. The minimum absolute atomic E-state index is 0.151. The number of thioether (sulfide) groups is 1. The molecule has 2 N–H and O–H groups in total. The Morgan fingerprint density at radius 2 is 1.90 bits per heavy atom. The van der Waals surface area contributed by atoms with Crippen molar-refractivity contribution in [3.8, 4) is 17.1 Å². The lowest BCUT2D eigenvalue weighted by molar-refractivity contribution is -0.113. The Labute approximate surface area is 184 Å². The van der Waals surface area contributed by atoms with E-state index in [1.807, 2.05) is 28.8 Å². The van der Waals surface area contributed by atoms with E-state index in [0.29, 0.717) is 34.5 Å². The number of para-hydroxylation sites is 1. The number of methoxy groups -OCH3 is 1. The Kier molecular flexibility index (Phi) is 7.45. The molecule has 1 heterocycles. The number of aromatic nitrogens is 3. The van der Waals surface area contributed by atoms with Crippen LogP contribution in [0.1, 0.15) is 10.4 Å². The first-order valence-electron chi connectivity index (χ1n) is 9.49. The zero-order valence-corrected chi connectivity index (χ0v) is 18.1. The van der Waals surface area contributed by atoms with E-state index in [1.165, 1.54) is 11.8 Å². The van der Waals surface area contributed by atoms with Crippen molar-refractivity contribution in [1.82, 2.24) is 20.1 Å². The third-order valence-electron chi connectivity index (χ3n) is 4.37. The van der Waals surface area contributed by atoms with Gasteiger partial charge in [-0.3, -0.25) is 14.2 Å². The molecule has 31 heavy (non-hydrogen) atoms. The van der Waals surface area contributed by atoms with E-state index >= 15 is 0 Å². The molecule has 0 unspecified atom stereocenters. The molecule has 0 aliphatic carbocycles. The molecule has 0 aliphatic heterocycles. The predicted octanol–water partition coefficient (Wildman–Crippen LogP) is 3.23. The van der Waals surface area contributed by atoms with Gasteiger partial charge in [-0.25, -0.2) is 0 Å². The topological polar surface area (TPSA) is 98.1 Å². The van der Waals surface area contributed by atoms with Gasteiger partial charge in [-0.15, -0.1) is 16.8 Å². The number of carbonyl (C=O) groups excluding carboxylic acids is 2. The van der Waals surface area contributed by atoms with E-state index in [0.717, 1.165) is 5.56 Å². The Balaban J connectivity index is 1.70. The maximum atomic E-state index is 12.4. The van der Waals surface area contributed by atoms with E-state index < -0.39 is 0 Å². The molecule has 0 radical (unpaired) electrons. The standard InChI is InChI=1S/C22H23N5O3S/c1-4-13-27-20(17-7-5-6-8-18(17)30-3)25-26-22(27)31-14-19(28)24-16-11-9-15(10-12-16)21(29)23-2/h4-12H,1,13-14H2,2-3H3,(H,23,29)(H,24,28). The zero-order chi connectivity index (χ0) is 22.2. The van der Waals surface area contributed by atoms with E-state index in [2.05, 4.69) is 27.4 Å². The van der Waals surface area contributed by atoms with Crippen molar-refractivity contribution in [2.24, 2.45) is 0 Å². The van der Waals surface area contributed by atoms with Crippen LogP contribution < -0.4 is 15.4 Å². The van der Waals surface area contributed by atoms with Crippen molar-refractivity contribution < 1.29 is 14.3 Å². The molecule has 3 rings (SSSR count). The van der Waals surface area contributed by atoms with Crippen LogP contribution in [0, 0.1) is 0 Å². The molecule has 3 aromatic rings. The third kappa shape index (κ3) is 5.32. The monoisotopic (exact) mass is 437 g/mol. The minimum Gasteiger partial charge on any atom is -0.496 e. The summed E-state index contributed by atoms with van der Waals surface area (Å²) >= 11 is 1.28. The van der Waals surface area contributed by atoms with Gasteiger partial charge < -0.3 is 15.4 Å². The Morgan fingerprint density at radius 1 is 1.16 bits per heavy atom. The van der Waals surface area contributed by atoms with Gasteiger partial charge in [0.15, 0.2) is 11.0 Å². The number of rotatable bonds is 9. The summed E-state index contributed by atoms with van der Waals surface area (Å²) in [5.74, 6) is 1.11. The highest BCUT2D eigenvalue weighted by Gasteiger charge is 2.17. The maximum Gasteiger partial charge on any atom is 0.251 e. The number of nitrogens with one attached hydrogen (secondary N) is 2. The SMILES string of the molecule is C=CCn1c(SCC(=O)Nc2ccc(C(=O)NC)cc2)nnc1-c1ccccc1OC. The van der Waals surface area contributed by atoms with Gasteiger partial charge in [0.25, 0.3) is 5.91 Å². The average Bonchev–Trinajstić information content (AvgIpc) is 3.20. The number of hydrogen-bond acceptors (Lipinski definition) is 6. The molecule has 0 fully saturated rings. The predicted molar refractivity (Wildman–Crippen MR) is 121 cm³/mol. The summed E-state index contributed by atoms with van der Waals surface area (Å²) in [5, 5.41) is 14.5. The van der Waals surface area contributed by atoms with Crippen LogP contribution in [-0.4, -0.2) is 46.5 Å². The van der Waals surface area contributed by atoms with Gasteiger partial charge in [-0.05, 0) is 36.4 Å². The number of nitrogens with zero attached hydrogens (tertiary/aromatic N) is 3. The van der Waals surface area contributed by atoms with Crippen molar-refractivity contribution in [2.75, 3.05) is 25.2 Å². The smallest absolute Gasteiger partial charge is 0.251 e. The number of allylic oxidation sites excluding steroid dienone is 1. The summed E-state index contributed by atoms with van der Waals surface area (Å²) in [5.41, 5.74) is 1.95. The normalized spacial score (nSPS) is 10.4. The largest absolute Gasteiger partial charge is 0.496 e. The lowest BCUT2D eigenvalue weighted by Gasteiger charge is -2.10. The van der Waals surface area contributed by atoms with Crippen molar-refractivity contribution in [3.63, 3.8) is 0 Å². The van der Waals surface area contributed by atoms with Crippen LogP contribution in [0.25, 0.3) is 11.4 Å². The maximum absolute atomic E-state index is 12.4. The van der Waals surface area contributed by atoms with Crippen molar-refractivity contribution in [1.29, 1.82) is 0 Å². The molecule has 2 aromatic carbocycles. The van der Waals surface area contributed by atoms with Crippen LogP contribution in [0.4, 0.5) is 5.69 Å². The molecule has 0 saturated carbocycles. The lowest BCUT2D eigenvalue weighted by atomic mass is 10.2. The molecule has 0 atom stereocenters. The molecule has 1 aromatic heterocycles. The number of hydrogen-bond donors (Lipinski definition) is 2. The molecule has 0 spiro atoms. The summed E-state index contributed by atoms with van der Waals surface area (Å²) in [6.45, 7) is 4.30. The molecule has 0 bridgehead atoms. The van der Waals surface area contributed by atoms with Crippen LogP contribution in [0.5, 0.6) is 5.75 Å². The van der Waals surface area contributed by atoms with Gasteiger partial charge in [0, 0.05) is 24.8 Å². The summed E-state index contributed by atoms with van der Waals surface area (Å²) in [7, 11) is 3.17. The van der Waals surface area contributed by atoms with E-state index in [-0.39, 0.29) is 17.6 Å². The quantitative estimate of drug-likeness (QED) is 0.394. The molecule has 2 amide bonds. The Morgan fingerprint density at radius 3 is 2.58 bits per heavy atom. The van der Waals surface area contributed by atoms with Crippen molar-refractivity contribution in [2.45, 2.75) is 11.7 Å². The molecule has 9 heteroatoms. The number of anilines is 1. The third-order valence-corrected chi connectivity index (χ3v) is 5.33. The van der Waals surface area contributed by atoms with Crippen LogP contribution in [0.15, 0.2) is 66.3 Å². The summed E-state index contributed by atoms with van der Waals surface area (Å²) < 4.78 is 7.32. The summed E-state index contributed by atoms with van der Waals surface area (Å²) in [6, 6.07) is 14.2. The van der Waals surface area contributed by atoms with Gasteiger partial charge in [0.2, 0.25) is 5.91 Å². The first-order valence-corrected chi connectivity index (χ1v) is 10.5. The zero-order valence-electron chi connectivity index (χ0n) is 17.3. The van der Waals surface area contributed by atoms with E-state index in [9.17, 15) is 9.59 Å². The molecule has 0 saturated heterocycles. The van der Waals surface area contributed by atoms with Crippen molar-refractivity contribution >= 4 is 29.3 Å². The molecule has 160 valence electrons. The molecular weight excluding hydrogens is 414 g/mol. The number of ether oxygens (including phenoxy) is 1. The van der Waals surface area contributed by atoms with Crippen molar-refractivity contribution in [3.05, 3.63) is 66.7 Å². The van der Waals surface area contributed by atoms with Gasteiger partial charge in [0.05, 0.1) is 18.4 Å². The van der Waals surface area contributed by atoms with Gasteiger partial charge in [-0.2, -0.15) is 0 Å². The second-order valence-corrected chi connectivity index (χ2v) is 7.34. The van der Waals surface area contributed by atoms with Gasteiger partial charge in [0.1, 0.15) is 5.75 Å². The minimum atomic E-state index is -0.190. The second kappa shape index (κ2) is 10.4. The molecule has 0 aliphatic rings. The Hall–Kier alpha value is -3.59. The Bertz CT molecular complexity index is 1080. The first-order chi connectivity index (χ1) is 15.1. The number of benzene rings is 2. The fourth-order valence-electron chi connectivity index (χ4n) is 2.89. The number of carbonyl (C=O) groups is 2. The van der Waals surface area contributed by atoms with E-state index in [1.54, 1.807) is 44.5 Å². The highest BCUT2D eigenvalue weighted by molar-refractivity contribution is 7.99. The fraction of sp³-hybridized carbons (Fsp3) is 0.182. The highest BCUT2D eigenvalue weighted by Crippen LogP contribution is 2.30. The lowest BCUT2D eigenvalue weighted by Crippen LogP contribution is -2.18. The number of amides is 2. The van der Waals surface area contributed by atoms with Crippen LogP contribution in [0.2, 0.25) is 0 Å². The van der Waals surface area contributed by atoms with Crippen LogP contribution >= 0.6 is 11.8 Å². The van der Waals surface area contributed by atoms with Crippen LogP contribution in [0.3, 0.4) is 0 Å². The molecule has 8 nitrogen and oxygen atoms in total. The van der Waals surface area contributed by atoms with Crippen LogP contribution in [-0.2, 0) is 11.3 Å². The highest BCUT2D eigenvalue weighted by atomic mass is 32.2. The first kappa shape index (κ1) is 22.1. The second-order valence-electron chi connectivity index (χ2n) is 6.40. The van der Waals surface area contributed by atoms with E-state index in [4.69, 9.17) is 4.74 Å². The summed E-state index contributed by atoms with van der Waals surface area (Å²) in [4.78, 5) is 24.0. The average molecular weight is 438 g/mol.